The minimum Gasteiger partial charge on any atom is -0.325 e. The Kier molecular flexibility index (Phi) is 2.35. The van der Waals surface area contributed by atoms with Gasteiger partial charge in [0.15, 0.2) is 0 Å². The van der Waals surface area contributed by atoms with Gasteiger partial charge in [0.2, 0.25) is 0 Å². The van der Waals surface area contributed by atoms with E-state index in [1.807, 2.05) is 11.3 Å². The van der Waals surface area contributed by atoms with Gasteiger partial charge in [-0.1, -0.05) is 11.6 Å². The van der Waals surface area contributed by atoms with E-state index in [2.05, 4.69) is 0 Å². The van der Waals surface area contributed by atoms with Crippen LogP contribution in [0.1, 0.15) is 41.0 Å². The zero-order valence-electron chi connectivity index (χ0n) is 8.81. The molecule has 2 N–H and O–H groups in total. The van der Waals surface area contributed by atoms with E-state index in [0.29, 0.717) is 0 Å². The van der Waals surface area contributed by atoms with E-state index in [4.69, 9.17) is 17.3 Å². The Labute approximate surface area is 99.6 Å². The number of rotatable bonds is 3. The molecule has 0 amide bonds. The zero-order valence-corrected chi connectivity index (χ0v) is 10.4. The van der Waals surface area contributed by atoms with Crippen LogP contribution >= 0.6 is 22.9 Å². The van der Waals surface area contributed by atoms with Gasteiger partial charge in [-0.15, -0.1) is 11.3 Å². The summed E-state index contributed by atoms with van der Waals surface area (Å²) in [6, 6.07) is 0. The van der Waals surface area contributed by atoms with Crippen molar-refractivity contribution in [1.82, 2.24) is 0 Å². The normalized spacial score (nSPS) is 21.7. The minimum absolute atomic E-state index is 0.164. The highest BCUT2D eigenvalue weighted by molar-refractivity contribution is 7.12. The summed E-state index contributed by atoms with van der Waals surface area (Å²) in [5, 5.41) is 1.07. The molecule has 0 radical (unpaired) electrons. The first kappa shape index (κ1) is 10.1. The Balaban J connectivity index is 1.75. The summed E-state index contributed by atoms with van der Waals surface area (Å²) in [6.07, 6.45) is 8.35. The summed E-state index contributed by atoms with van der Waals surface area (Å²) in [5.41, 5.74) is 7.70. The van der Waals surface area contributed by atoms with Gasteiger partial charge in [-0.05, 0) is 50.5 Å². The quantitative estimate of drug-likeness (QED) is 0.863. The van der Waals surface area contributed by atoms with Crippen molar-refractivity contribution < 1.29 is 0 Å². The van der Waals surface area contributed by atoms with Gasteiger partial charge in [0, 0.05) is 15.3 Å². The van der Waals surface area contributed by atoms with Crippen molar-refractivity contribution in [2.24, 2.45) is 5.73 Å². The van der Waals surface area contributed by atoms with E-state index in [1.165, 1.54) is 47.4 Å². The number of aryl methyl sites for hydroxylation is 2. The van der Waals surface area contributed by atoms with Gasteiger partial charge in [-0.3, -0.25) is 0 Å². The van der Waals surface area contributed by atoms with E-state index in [0.717, 1.165) is 17.9 Å². The lowest BCUT2D eigenvalue weighted by Crippen LogP contribution is -2.21. The second-order valence-electron chi connectivity index (χ2n) is 4.96. The molecular formula is C12H16ClNS. The highest BCUT2D eigenvalue weighted by Gasteiger charge is 2.37. The summed E-state index contributed by atoms with van der Waals surface area (Å²) in [4.78, 5) is 2.93. The largest absolute Gasteiger partial charge is 0.325 e. The molecule has 2 aliphatic rings. The molecular weight excluding hydrogens is 226 g/mol. The minimum atomic E-state index is 0.164. The molecule has 3 heteroatoms. The molecule has 0 atom stereocenters. The van der Waals surface area contributed by atoms with Gasteiger partial charge in [-0.25, -0.2) is 0 Å². The van der Waals surface area contributed by atoms with Crippen molar-refractivity contribution in [3.8, 4) is 0 Å². The van der Waals surface area contributed by atoms with Crippen LogP contribution < -0.4 is 5.73 Å². The first-order chi connectivity index (χ1) is 7.18. The van der Waals surface area contributed by atoms with Gasteiger partial charge in [0.05, 0.1) is 5.02 Å². The highest BCUT2D eigenvalue weighted by Crippen LogP contribution is 2.42. The second-order valence-corrected chi connectivity index (χ2v) is 6.52. The first-order valence-electron chi connectivity index (χ1n) is 5.76. The maximum Gasteiger partial charge on any atom is 0.0579 e. The van der Waals surface area contributed by atoms with Crippen molar-refractivity contribution in [2.75, 3.05) is 0 Å². The third-order valence-electron chi connectivity index (χ3n) is 3.67. The molecule has 3 rings (SSSR count). The van der Waals surface area contributed by atoms with E-state index >= 15 is 0 Å². The number of thiophene rings is 1. The van der Waals surface area contributed by atoms with Crippen LogP contribution in [-0.4, -0.2) is 5.54 Å². The summed E-state index contributed by atoms with van der Waals surface area (Å²) in [5.74, 6) is 0. The van der Waals surface area contributed by atoms with Crippen molar-refractivity contribution >= 4 is 22.9 Å². The maximum atomic E-state index is 6.39. The Bertz CT molecular complexity index is 393. The molecule has 1 aromatic rings. The lowest BCUT2D eigenvalue weighted by Gasteiger charge is -2.06. The summed E-state index contributed by atoms with van der Waals surface area (Å²) in [6.45, 7) is 0. The predicted octanol–water partition coefficient (Wildman–Crippen LogP) is 3.31. The monoisotopic (exact) mass is 241 g/mol. The molecule has 0 saturated heterocycles. The summed E-state index contributed by atoms with van der Waals surface area (Å²) in [7, 11) is 0. The van der Waals surface area contributed by atoms with Gasteiger partial charge >= 0.3 is 0 Å². The molecule has 0 spiro atoms. The Hall–Kier alpha value is -0.0500. The average Bonchev–Trinajstić information content (AvgIpc) is 2.69. The molecule has 1 nitrogen and oxygen atoms in total. The molecule has 1 saturated carbocycles. The third-order valence-corrected chi connectivity index (χ3v) is 5.59. The summed E-state index contributed by atoms with van der Waals surface area (Å²) >= 11 is 8.32. The molecule has 15 heavy (non-hydrogen) atoms. The standard InChI is InChI=1S/C12H16ClNS/c13-11-8-2-1-3-9(8)15-10(11)4-5-12(14)6-7-12/h1-7,14H2. The van der Waals surface area contributed by atoms with Gasteiger partial charge < -0.3 is 5.73 Å². The van der Waals surface area contributed by atoms with Gasteiger partial charge in [0.25, 0.3) is 0 Å². The third kappa shape index (κ3) is 1.83. The van der Waals surface area contributed by atoms with Crippen LogP contribution in [0.25, 0.3) is 0 Å². The van der Waals surface area contributed by atoms with Crippen molar-refractivity contribution in [3.63, 3.8) is 0 Å². The van der Waals surface area contributed by atoms with Crippen LogP contribution in [0.3, 0.4) is 0 Å². The smallest absolute Gasteiger partial charge is 0.0579 e. The topological polar surface area (TPSA) is 26.0 Å². The van der Waals surface area contributed by atoms with E-state index in [1.54, 1.807) is 0 Å². The van der Waals surface area contributed by atoms with Gasteiger partial charge in [-0.2, -0.15) is 0 Å². The van der Waals surface area contributed by atoms with Crippen LogP contribution in [0.15, 0.2) is 0 Å². The first-order valence-corrected chi connectivity index (χ1v) is 6.95. The predicted molar refractivity (Wildman–Crippen MR) is 65.8 cm³/mol. The molecule has 0 aliphatic heterocycles. The van der Waals surface area contributed by atoms with Gasteiger partial charge in [0.1, 0.15) is 0 Å². The Morgan fingerprint density at radius 2 is 2.13 bits per heavy atom. The zero-order chi connectivity index (χ0) is 10.5. The number of nitrogens with two attached hydrogens (primary N) is 1. The second kappa shape index (κ2) is 3.47. The van der Waals surface area contributed by atoms with Crippen LogP contribution in [0, 0.1) is 0 Å². The molecule has 82 valence electrons. The number of hydrogen-bond acceptors (Lipinski definition) is 2. The fourth-order valence-corrected chi connectivity index (χ4v) is 4.12. The number of halogens is 1. The average molecular weight is 242 g/mol. The molecule has 1 aromatic heterocycles. The SMILES string of the molecule is NC1(CCc2sc3c(c2Cl)CCC3)CC1. The van der Waals surface area contributed by atoms with Crippen molar-refractivity contribution in [3.05, 3.63) is 20.3 Å². The van der Waals surface area contributed by atoms with E-state index in [-0.39, 0.29) is 5.54 Å². The fourth-order valence-electron chi connectivity index (χ4n) is 2.36. The fraction of sp³-hybridized carbons (Fsp3) is 0.667. The summed E-state index contributed by atoms with van der Waals surface area (Å²) < 4.78 is 0. The van der Waals surface area contributed by atoms with Crippen LogP contribution in [0.5, 0.6) is 0 Å². The van der Waals surface area contributed by atoms with E-state index in [9.17, 15) is 0 Å². The molecule has 1 heterocycles. The highest BCUT2D eigenvalue weighted by atomic mass is 35.5. The molecule has 0 aromatic carbocycles. The van der Waals surface area contributed by atoms with E-state index < -0.39 is 0 Å². The van der Waals surface area contributed by atoms with Crippen LogP contribution in [0.4, 0.5) is 0 Å². The molecule has 0 unspecified atom stereocenters. The number of fused-ring (bicyclic) bond motifs is 1. The molecule has 1 fully saturated rings. The van der Waals surface area contributed by atoms with Crippen molar-refractivity contribution in [2.45, 2.75) is 50.5 Å². The number of hydrogen-bond donors (Lipinski definition) is 1. The van der Waals surface area contributed by atoms with Crippen molar-refractivity contribution in [1.29, 1.82) is 0 Å². The van der Waals surface area contributed by atoms with Crippen LogP contribution in [-0.2, 0) is 19.3 Å². The maximum absolute atomic E-state index is 6.39. The lowest BCUT2D eigenvalue weighted by molar-refractivity contribution is 0.612. The van der Waals surface area contributed by atoms with Crippen LogP contribution in [0.2, 0.25) is 5.02 Å². The molecule has 2 aliphatic carbocycles. The molecule has 0 bridgehead atoms. The Morgan fingerprint density at radius 1 is 1.33 bits per heavy atom. The lowest BCUT2D eigenvalue weighted by atomic mass is 10.1. The Morgan fingerprint density at radius 3 is 2.80 bits per heavy atom.